The summed E-state index contributed by atoms with van der Waals surface area (Å²) in [6.07, 6.45) is 0. The Balaban J connectivity index is 2.71. The molecule has 1 aromatic rings. The van der Waals surface area contributed by atoms with Crippen LogP contribution in [0.1, 0.15) is 25.3 Å². The molecule has 1 atom stereocenters. The standard InChI is InChI=1S/C17H17BrN2O5/c1-4-24-17(22)13-8(2)25-16(20)10(7-19)14(13)9-5-11(18)15(21)12(6-9)23-3/h5-6,14,21H,4,20H2,1-3H3/t14-/m1/s1. The Kier molecular flexibility index (Phi) is 5.59. The van der Waals surface area contributed by atoms with Gasteiger partial charge >= 0.3 is 5.97 Å². The van der Waals surface area contributed by atoms with Crippen molar-refractivity contribution in [2.75, 3.05) is 13.7 Å². The van der Waals surface area contributed by atoms with E-state index < -0.39 is 11.9 Å². The van der Waals surface area contributed by atoms with Crippen LogP contribution in [0.4, 0.5) is 0 Å². The van der Waals surface area contributed by atoms with Crippen LogP contribution >= 0.6 is 15.9 Å². The number of hydrogen-bond donors (Lipinski definition) is 2. The molecule has 1 aliphatic rings. The molecule has 3 N–H and O–H groups in total. The van der Waals surface area contributed by atoms with Gasteiger partial charge in [-0.3, -0.25) is 0 Å². The quantitative estimate of drug-likeness (QED) is 0.735. The van der Waals surface area contributed by atoms with Crippen molar-refractivity contribution < 1.29 is 24.1 Å². The molecule has 8 heteroatoms. The van der Waals surface area contributed by atoms with E-state index in [1.807, 2.05) is 6.07 Å². The molecule has 1 aromatic carbocycles. The Morgan fingerprint density at radius 2 is 2.20 bits per heavy atom. The van der Waals surface area contributed by atoms with Gasteiger partial charge in [0.15, 0.2) is 11.5 Å². The fourth-order valence-corrected chi connectivity index (χ4v) is 3.06. The first-order valence-electron chi connectivity index (χ1n) is 7.37. The molecule has 0 aromatic heterocycles. The summed E-state index contributed by atoms with van der Waals surface area (Å²) in [4.78, 5) is 12.4. The number of carbonyl (C=O) groups is 1. The Morgan fingerprint density at radius 3 is 2.76 bits per heavy atom. The summed E-state index contributed by atoms with van der Waals surface area (Å²) in [6, 6.07) is 5.11. The minimum absolute atomic E-state index is 0.0771. The van der Waals surface area contributed by atoms with Gasteiger partial charge < -0.3 is 25.1 Å². The highest BCUT2D eigenvalue weighted by atomic mass is 79.9. The number of allylic oxidation sites excluding steroid dienone is 2. The molecule has 2 rings (SSSR count). The van der Waals surface area contributed by atoms with Gasteiger partial charge in [-0.2, -0.15) is 5.26 Å². The third kappa shape index (κ3) is 3.42. The van der Waals surface area contributed by atoms with Crippen LogP contribution in [0.15, 0.2) is 39.4 Å². The van der Waals surface area contributed by atoms with Crippen LogP contribution in [-0.4, -0.2) is 24.8 Å². The Morgan fingerprint density at radius 1 is 1.52 bits per heavy atom. The Hall–Kier alpha value is -2.66. The van der Waals surface area contributed by atoms with E-state index in [9.17, 15) is 15.2 Å². The van der Waals surface area contributed by atoms with Crippen molar-refractivity contribution in [2.24, 2.45) is 5.73 Å². The van der Waals surface area contributed by atoms with Crippen LogP contribution in [0.2, 0.25) is 0 Å². The van der Waals surface area contributed by atoms with Gasteiger partial charge in [-0.05, 0) is 47.5 Å². The number of carbonyl (C=O) groups excluding carboxylic acids is 1. The van der Waals surface area contributed by atoms with Crippen LogP contribution in [0.3, 0.4) is 0 Å². The molecular weight excluding hydrogens is 392 g/mol. The molecular formula is C17H17BrN2O5. The van der Waals surface area contributed by atoms with E-state index in [4.69, 9.17) is 19.9 Å². The molecule has 0 saturated carbocycles. The molecule has 1 heterocycles. The van der Waals surface area contributed by atoms with Gasteiger partial charge in [0.1, 0.15) is 17.4 Å². The number of aromatic hydroxyl groups is 1. The van der Waals surface area contributed by atoms with Crippen molar-refractivity contribution in [1.29, 1.82) is 5.26 Å². The highest BCUT2D eigenvalue weighted by Gasteiger charge is 2.37. The first-order chi connectivity index (χ1) is 11.8. The van der Waals surface area contributed by atoms with Gasteiger partial charge in [0.25, 0.3) is 0 Å². The normalized spacial score (nSPS) is 17.0. The minimum Gasteiger partial charge on any atom is -0.503 e. The van der Waals surface area contributed by atoms with E-state index in [1.165, 1.54) is 13.2 Å². The average molecular weight is 409 g/mol. The first-order valence-corrected chi connectivity index (χ1v) is 8.16. The number of phenolic OH excluding ortho intramolecular Hbond substituents is 1. The van der Waals surface area contributed by atoms with Crippen LogP contribution in [0.25, 0.3) is 0 Å². The van der Waals surface area contributed by atoms with Gasteiger partial charge in [0.05, 0.1) is 29.7 Å². The number of nitrogens with two attached hydrogens (primary N) is 1. The van der Waals surface area contributed by atoms with E-state index in [2.05, 4.69) is 15.9 Å². The lowest BCUT2D eigenvalue weighted by Gasteiger charge is -2.27. The van der Waals surface area contributed by atoms with Gasteiger partial charge in [-0.15, -0.1) is 0 Å². The monoisotopic (exact) mass is 408 g/mol. The maximum atomic E-state index is 12.4. The predicted molar refractivity (Wildman–Crippen MR) is 92.3 cm³/mol. The number of hydrogen-bond acceptors (Lipinski definition) is 7. The number of nitrogens with zero attached hydrogens (tertiary/aromatic N) is 1. The molecule has 0 bridgehead atoms. The smallest absolute Gasteiger partial charge is 0.338 e. The lowest BCUT2D eigenvalue weighted by Crippen LogP contribution is -2.25. The van der Waals surface area contributed by atoms with Gasteiger partial charge in [0.2, 0.25) is 5.88 Å². The molecule has 0 radical (unpaired) electrons. The minimum atomic E-state index is -0.802. The zero-order valence-corrected chi connectivity index (χ0v) is 15.5. The SMILES string of the molecule is CCOC(=O)C1=C(C)OC(N)=C(C#N)[C@H]1c1cc(Br)c(O)c(OC)c1. The maximum absolute atomic E-state index is 12.4. The molecule has 1 aliphatic heterocycles. The fraction of sp³-hybridized carbons (Fsp3) is 0.294. The van der Waals surface area contributed by atoms with Gasteiger partial charge in [-0.25, -0.2) is 4.79 Å². The summed E-state index contributed by atoms with van der Waals surface area (Å²) < 4.78 is 16.0. The number of phenols is 1. The van der Waals surface area contributed by atoms with E-state index in [0.717, 1.165) is 0 Å². The van der Waals surface area contributed by atoms with Gasteiger partial charge in [-0.1, -0.05) is 0 Å². The summed E-state index contributed by atoms with van der Waals surface area (Å²) in [5.41, 5.74) is 6.61. The molecule has 0 fully saturated rings. The van der Waals surface area contributed by atoms with Crippen molar-refractivity contribution in [3.05, 3.63) is 45.0 Å². The second kappa shape index (κ2) is 7.49. The lowest BCUT2D eigenvalue weighted by molar-refractivity contribution is -0.139. The molecule has 0 unspecified atom stereocenters. The molecule has 0 amide bonds. The zero-order valence-electron chi connectivity index (χ0n) is 13.9. The summed E-state index contributed by atoms with van der Waals surface area (Å²) >= 11 is 3.24. The number of halogens is 1. The van der Waals surface area contributed by atoms with Crippen LogP contribution < -0.4 is 10.5 Å². The average Bonchev–Trinajstić information content (AvgIpc) is 2.56. The second-order valence-electron chi connectivity index (χ2n) is 5.17. The van der Waals surface area contributed by atoms with Crippen molar-refractivity contribution >= 4 is 21.9 Å². The molecule has 0 spiro atoms. The van der Waals surface area contributed by atoms with Crippen LogP contribution in [-0.2, 0) is 14.3 Å². The molecule has 0 saturated heterocycles. The van der Waals surface area contributed by atoms with Crippen molar-refractivity contribution in [3.63, 3.8) is 0 Å². The van der Waals surface area contributed by atoms with E-state index >= 15 is 0 Å². The Labute approximate surface area is 153 Å². The first kappa shape index (κ1) is 18.7. The van der Waals surface area contributed by atoms with Crippen molar-refractivity contribution in [1.82, 2.24) is 0 Å². The number of ether oxygens (including phenoxy) is 3. The summed E-state index contributed by atoms with van der Waals surface area (Å²) in [5.74, 6) is -1.14. The largest absolute Gasteiger partial charge is 0.503 e. The molecule has 0 aliphatic carbocycles. The maximum Gasteiger partial charge on any atom is 0.338 e. The van der Waals surface area contributed by atoms with E-state index in [0.29, 0.717) is 10.0 Å². The lowest BCUT2D eigenvalue weighted by atomic mass is 9.83. The summed E-state index contributed by atoms with van der Waals surface area (Å²) in [7, 11) is 1.40. The highest BCUT2D eigenvalue weighted by molar-refractivity contribution is 9.10. The predicted octanol–water partition coefficient (Wildman–Crippen LogP) is 2.81. The summed E-state index contributed by atoms with van der Waals surface area (Å²) in [6.45, 7) is 3.43. The van der Waals surface area contributed by atoms with Crippen LogP contribution in [0, 0.1) is 11.3 Å². The van der Waals surface area contributed by atoms with Crippen molar-refractivity contribution in [2.45, 2.75) is 19.8 Å². The second-order valence-corrected chi connectivity index (χ2v) is 6.02. The number of methoxy groups -OCH3 is 1. The van der Waals surface area contributed by atoms with E-state index in [-0.39, 0.29) is 40.9 Å². The zero-order chi connectivity index (χ0) is 18.7. The van der Waals surface area contributed by atoms with Crippen LogP contribution in [0.5, 0.6) is 11.5 Å². The highest BCUT2D eigenvalue weighted by Crippen LogP contribution is 2.44. The molecule has 25 heavy (non-hydrogen) atoms. The topological polar surface area (TPSA) is 115 Å². The number of benzene rings is 1. The molecule has 132 valence electrons. The number of esters is 1. The third-order valence-electron chi connectivity index (χ3n) is 3.70. The number of rotatable bonds is 4. The molecule has 7 nitrogen and oxygen atoms in total. The van der Waals surface area contributed by atoms with E-state index in [1.54, 1.807) is 19.9 Å². The Bertz CT molecular complexity index is 823. The third-order valence-corrected chi connectivity index (χ3v) is 4.31. The fourth-order valence-electron chi connectivity index (χ4n) is 2.60. The van der Waals surface area contributed by atoms with Crippen molar-refractivity contribution in [3.8, 4) is 17.6 Å². The number of nitriles is 1. The van der Waals surface area contributed by atoms with Gasteiger partial charge in [0, 0.05) is 0 Å². The summed E-state index contributed by atoms with van der Waals surface area (Å²) in [5, 5.41) is 19.5.